The molecular weight excluding hydrogens is 319 g/mol. The molecule has 2 aromatic rings. The number of hydrogen-bond acceptors (Lipinski definition) is 5. The molecule has 1 aliphatic rings. The molecule has 1 atom stereocenters. The van der Waals surface area contributed by atoms with Crippen molar-refractivity contribution >= 4 is 23.6 Å². The highest BCUT2D eigenvalue weighted by Crippen LogP contribution is 2.25. The number of carbonyl (C=O) groups is 1. The zero-order valence-electron chi connectivity index (χ0n) is 12.4. The smallest absolute Gasteiger partial charge is 0.360 e. The molecule has 3 rings (SSSR count). The van der Waals surface area contributed by atoms with Gasteiger partial charge in [-0.15, -0.1) is 0 Å². The quantitative estimate of drug-likeness (QED) is 0.621. The Morgan fingerprint density at radius 1 is 1.48 bits per heavy atom. The second-order valence-corrected chi connectivity index (χ2v) is 5.68. The number of thiocarbonyl (C=S) groups is 1. The fraction of sp³-hybridized carbons (Fsp3) is 0.312. The number of rotatable bonds is 5. The molecule has 1 saturated heterocycles. The van der Waals surface area contributed by atoms with Crippen LogP contribution in [0.15, 0.2) is 36.7 Å². The van der Waals surface area contributed by atoms with Crippen molar-refractivity contribution in [3.8, 4) is 0 Å². The highest BCUT2D eigenvalue weighted by molar-refractivity contribution is 7.79. The molecule has 0 unspecified atom stereocenters. The summed E-state index contributed by atoms with van der Waals surface area (Å²) in [5.41, 5.74) is -0.246. The molecule has 1 aliphatic heterocycles. The zero-order chi connectivity index (χ0) is 16.4. The maximum absolute atomic E-state index is 14.0. The van der Waals surface area contributed by atoms with Crippen LogP contribution >= 0.6 is 12.2 Å². The lowest BCUT2D eigenvalue weighted by atomic mass is 10.1. The molecule has 5 nitrogen and oxygen atoms in total. The van der Waals surface area contributed by atoms with Gasteiger partial charge in [-0.25, -0.2) is 9.78 Å². The van der Waals surface area contributed by atoms with Crippen LogP contribution in [0.5, 0.6) is 0 Å². The minimum Gasteiger partial charge on any atom is -0.444 e. The third-order valence-electron chi connectivity index (χ3n) is 3.85. The molecule has 1 fully saturated rings. The number of ether oxygens (including phenoxy) is 2. The van der Waals surface area contributed by atoms with Gasteiger partial charge in [-0.05, 0) is 12.5 Å². The Labute approximate surface area is 138 Å². The number of carbonyl (C=O) groups excluding carboxylic acids is 1. The van der Waals surface area contributed by atoms with Gasteiger partial charge in [0.2, 0.25) is 5.95 Å². The lowest BCUT2D eigenvalue weighted by molar-refractivity contribution is -0.136. The molecule has 0 spiro atoms. The number of imidazole rings is 1. The SMILES string of the molecule is C[C@H](c1ccccc1)n1cnc(F)c1C(=O)OC1(C=S)COC1. The predicted molar refractivity (Wildman–Crippen MR) is 85.1 cm³/mol. The molecule has 0 radical (unpaired) electrons. The summed E-state index contributed by atoms with van der Waals surface area (Å²) < 4.78 is 25.9. The van der Waals surface area contributed by atoms with E-state index in [1.165, 1.54) is 16.3 Å². The molecule has 0 aliphatic carbocycles. The van der Waals surface area contributed by atoms with Gasteiger partial charge < -0.3 is 14.0 Å². The fourth-order valence-corrected chi connectivity index (χ4v) is 2.59. The van der Waals surface area contributed by atoms with Crippen molar-refractivity contribution in [3.05, 3.63) is 53.9 Å². The molecular formula is C16H15FN2O3S. The van der Waals surface area contributed by atoms with Crippen molar-refractivity contribution in [1.29, 1.82) is 0 Å². The van der Waals surface area contributed by atoms with Gasteiger partial charge in [-0.1, -0.05) is 42.5 Å². The summed E-state index contributed by atoms with van der Waals surface area (Å²) in [4.78, 5) is 16.0. The van der Waals surface area contributed by atoms with E-state index in [-0.39, 0.29) is 24.9 Å². The van der Waals surface area contributed by atoms with Crippen LogP contribution in [0.2, 0.25) is 0 Å². The summed E-state index contributed by atoms with van der Waals surface area (Å²) in [6.45, 7) is 2.23. The average molecular weight is 334 g/mol. The van der Waals surface area contributed by atoms with Crippen molar-refractivity contribution in [2.45, 2.75) is 18.6 Å². The Balaban J connectivity index is 1.89. The van der Waals surface area contributed by atoms with Crippen molar-refractivity contribution in [1.82, 2.24) is 9.55 Å². The van der Waals surface area contributed by atoms with E-state index in [1.54, 1.807) is 0 Å². The average Bonchev–Trinajstić information content (AvgIpc) is 2.92. The molecule has 120 valence electrons. The van der Waals surface area contributed by atoms with E-state index in [1.807, 2.05) is 37.3 Å². The van der Waals surface area contributed by atoms with E-state index in [0.717, 1.165) is 5.56 Å². The Morgan fingerprint density at radius 2 is 2.17 bits per heavy atom. The van der Waals surface area contributed by atoms with Crippen LogP contribution in [0.4, 0.5) is 4.39 Å². The maximum Gasteiger partial charge on any atom is 0.360 e. The highest BCUT2D eigenvalue weighted by atomic mass is 32.1. The van der Waals surface area contributed by atoms with E-state index in [9.17, 15) is 9.18 Å². The van der Waals surface area contributed by atoms with Gasteiger partial charge in [-0.3, -0.25) is 0 Å². The molecule has 23 heavy (non-hydrogen) atoms. The highest BCUT2D eigenvalue weighted by Gasteiger charge is 2.42. The summed E-state index contributed by atoms with van der Waals surface area (Å²) in [5.74, 6) is -1.66. The third-order valence-corrected chi connectivity index (χ3v) is 4.27. The van der Waals surface area contributed by atoms with Crippen LogP contribution in [0.1, 0.15) is 29.0 Å². The predicted octanol–water partition coefficient (Wildman–Crippen LogP) is 2.56. The van der Waals surface area contributed by atoms with E-state index in [2.05, 4.69) is 4.98 Å². The van der Waals surface area contributed by atoms with Crippen LogP contribution < -0.4 is 0 Å². The van der Waals surface area contributed by atoms with Crippen LogP contribution in [-0.4, -0.2) is 39.7 Å². The first-order valence-corrected chi connectivity index (χ1v) is 7.58. The first-order valence-electron chi connectivity index (χ1n) is 7.11. The molecule has 2 heterocycles. The molecule has 0 bridgehead atoms. The van der Waals surface area contributed by atoms with E-state index >= 15 is 0 Å². The molecule has 1 aromatic heterocycles. The summed E-state index contributed by atoms with van der Waals surface area (Å²) in [6, 6.07) is 9.18. The van der Waals surface area contributed by atoms with E-state index in [0.29, 0.717) is 0 Å². The number of nitrogens with zero attached hydrogens (tertiary/aromatic N) is 2. The van der Waals surface area contributed by atoms with Crippen LogP contribution in [-0.2, 0) is 9.47 Å². The molecule has 0 saturated carbocycles. The van der Waals surface area contributed by atoms with Crippen molar-refractivity contribution < 1.29 is 18.7 Å². The first-order chi connectivity index (χ1) is 11.1. The lowest BCUT2D eigenvalue weighted by Crippen LogP contribution is -2.54. The summed E-state index contributed by atoms with van der Waals surface area (Å²) in [5, 5.41) is 1.34. The van der Waals surface area contributed by atoms with Crippen molar-refractivity contribution in [2.24, 2.45) is 0 Å². The Bertz CT molecular complexity index is 728. The third kappa shape index (κ3) is 2.89. The Kier molecular flexibility index (Phi) is 4.23. The molecule has 0 N–H and O–H groups in total. The summed E-state index contributed by atoms with van der Waals surface area (Å²) in [6.07, 6.45) is 1.30. The fourth-order valence-electron chi connectivity index (χ4n) is 2.40. The number of benzene rings is 1. The van der Waals surface area contributed by atoms with Crippen molar-refractivity contribution in [2.75, 3.05) is 13.2 Å². The second-order valence-electron chi connectivity index (χ2n) is 5.44. The van der Waals surface area contributed by atoms with Crippen molar-refractivity contribution in [3.63, 3.8) is 0 Å². The monoisotopic (exact) mass is 334 g/mol. The van der Waals surface area contributed by atoms with E-state index < -0.39 is 17.5 Å². The number of aromatic nitrogens is 2. The Hall–Kier alpha value is -2.12. The summed E-state index contributed by atoms with van der Waals surface area (Å²) >= 11 is 4.88. The van der Waals surface area contributed by atoms with Gasteiger partial charge in [0.1, 0.15) is 0 Å². The number of hydrogen-bond donors (Lipinski definition) is 0. The maximum atomic E-state index is 14.0. The van der Waals surface area contributed by atoms with Gasteiger partial charge in [0.25, 0.3) is 0 Å². The normalized spacial score (nSPS) is 17.1. The first kappa shape index (κ1) is 15.8. The number of esters is 1. The summed E-state index contributed by atoms with van der Waals surface area (Å²) in [7, 11) is 0. The lowest BCUT2D eigenvalue weighted by Gasteiger charge is -2.36. The van der Waals surface area contributed by atoms with Gasteiger partial charge >= 0.3 is 5.97 Å². The minimum atomic E-state index is -0.954. The molecule has 7 heteroatoms. The Morgan fingerprint density at radius 3 is 2.74 bits per heavy atom. The molecule has 0 amide bonds. The minimum absolute atomic E-state index is 0.187. The van der Waals surface area contributed by atoms with Crippen LogP contribution in [0.3, 0.4) is 0 Å². The zero-order valence-corrected chi connectivity index (χ0v) is 13.3. The van der Waals surface area contributed by atoms with E-state index in [4.69, 9.17) is 21.7 Å². The van der Waals surface area contributed by atoms with Crippen LogP contribution in [0, 0.1) is 5.95 Å². The van der Waals surface area contributed by atoms with Crippen LogP contribution in [0.25, 0.3) is 0 Å². The standard InChI is InChI=1S/C16H15FN2O3S/c1-11(12-5-3-2-4-6-12)19-10-18-14(17)13(19)15(20)22-16(9-23)7-21-8-16/h2-6,9-11H,7-8H2,1H3/t11-/m1/s1. The largest absolute Gasteiger partial charge is 0.444 e. The molecule has 1 aromatic carbocycles. The van der Waals surface area contributed by atoms with Gasteiger partial charge in [0, 0.05) is 5.37 Å². The van der Waals surface area contributed by atoms with Gasteiger partial charge in [0.15, 0.2) is 11.3 Å². The van der Waals surface area contributed by atoms with Gasteiger partial charge in [-0.2, -0.15) is 4.39 Å². The topological polar surface area (TPSA) is 53.4 Å². The second kappa shape index (κ2) is 6.17. The number of halogens is 1. The van der Waals surface area contributed by atoms with Gasteiger partial charge in [0.05, 0.1) is 25.6 Å².